The summed E-state index contributed by atoms with van der Waals surface area (Å²) in [5.74, 6) is 1.84. The summed E-state index contributed by atoms with van der Waals surface area (Å²) in [5, 5.41) is 3.40. The van der Waals surface area contributed by atoms with Crippen molar-refractivity contribution in [2.45, 2.75) is 6.10 Å². The zero-order valence-corrected chi connectivity index (χ0v) is 11.2. The minimum absolute atomic E-state index is 0.0673. The van der Waals surface area contributed by atoms with Gasteiger partial charge in [0, 0.05) is 7.05 Å². The number of imidazole rings is 1. The maximum atomic E-state index is 6.08. The van der Waals surface area contributed by atoms with Gasteiger partial charge in [-0.25, -0.2) is 4.98 Å². The normalized spacial score (nSPS) is 17.4. The predicted octanol–water partition coefficient (Wildman–Crippen LogP) is 3.12. The number of fused-ring (bicyclic) bond motifs is 2. The highest BCUT2D eigenvalue weighted by Crippen LogP contribution is 2.34. The Kier molecular flexibility index (Phi) is 2.42. The zero-order chi connectivity index (χ0) is 13.5. The van der Waals surface area contributed by atoms with Crippen LogP contribution in [0.15, 0.2) is 48.5 Å². The molecule has 1 aromatic heterocycles. The molecule has 2 aromatic carbocycles. The van der Waals surface area contributed by atoms with Gasteiger partial charge in [0.2, 0.25) is 0 Å². The van der Waals surface area contributed by atoms with Crippen LogP contribution in [-0.2, 0) is 7.05 Å². The van der Waals surface area contributed by atoms with Gasteiger partial charge < -0.3 is 14.6 Å². The monoisotopic (exact) mass is 265 g/mol. The number of aromatic nitrogens is 2. The molecule has 0 saturated heterocycles. The fraction of sp³-hybridized carbons (Fsp3) is 0.188. The maximum Gasteiger partial charge on any atom is 0.173 e. The van der Waals surface area contributed by atoms with Gasteiger partial charge in [0.1, 0.15) is 5.75 Å². The number of rotatable bonds is 1. The first-order chi connectivity index (χ1) is 9.83. The Morgan fingerprint density at radius 1 is 1.15 bits per heavy atom. The molecule has 4 heteroatoms. The Labute approximate surface area is 117 Å². The van der Waals surface area contributed by atoms with Crippen LogP contribution in [0.2, 0.25) is 0 Å². The summed E-state index contributed by atoms with van der Waals surface area (Å²) < 4.78 is 8.19. The number of hydrogen-bond acceptors (Lipinski definition) is 3. The van der Waals surface area contributed by atoms with Gasteiger partial charge >= 0.3 is 0 Å². The maximum absolute atomic E-state index is 6.08. The second-order valence-corrected chi connectivity index (χ2v) is 5.00. The molecule has 1 N–H and O–H groups in total. The van der Waals surface area contributed by atoms with E-state index in [1.54, 1.807) is 0 Å². The highest BCUT2D eigenvalue weighted by molar-refractivity contribution is 5.76. The van der Waals surface area contributed by atoms with E-state index in [2.05, 4.69) is 16.0 Å². The molecule has 3 aromatic rings. The van der Waals surface area contributed by atoms with Crippen LogP contribution in [0.3, 0.4) is 0 Å². The van der Waals surface area contributed by atoms with Gasteiger partial charge in [0.05, 0.1) is 23.3 Å². The van der Waals surface area contributed by atoms with Crippen molar-refractivity contribution in [1.82, 2.24) is 9.55 Å². The number of nitrogens with one attached hydrogen (secondary N) is 1. The second-order valence-electron chi connectivity index (χ2n) is 5.00. The molecule has 0 spiro atoms. The number of anilines is 1. The van der Waals surface area contributed by atoms with Crippen molar-refractivity contribution in [2.24, 2.45) is 7.05 Å². The van der Waals surface area contributed by atoms with E-state index in [9.17, 15) is 0 Å². The Morgan fingerprint density at radius 2 is 1.95 bits per heavy atom. The molecule has 1 atom stereocenters. The van der Waals surface area contributed by atoms with Gasteiger partial charge in [0.25, 0.3) is 0 Å². The Hall–Kier alpha value is -2.49. The van der Waals surface area contributed by atoms with E-state index >= 15 is 0 Å². The van der Waals surface area contributed by atoms with Crippen molar-refractivity contribution in [3.63, 3.8) is 0 Å². The highest BCUT2D eigenvalue weighted by Gasteiger charge is 2.24. The van der Waals surface area contributed by atoms with E-state index < -0.39 is 0 Å². The molecule has 4 nitrogen and oxygen atoms in total. The fourth-order valence-electron chi connectivity index (χ4n) is 2.71. The minimum atomic E-state index is -0.0673. The average molecular weight is 265 g/mol. The van der Waals surface area contributed by atoms with E-state index in [0.717, 1.165) is 34.8 Å². The van der Waals surface area contributed by atoms with Gasteiger partial charge in [-0.1, -0.05) is 24.3 Å². The number of aryl methyl sites for hydroxylation is 1. The summed E-state index contributed by atoms with van der Waals surface area (Å²) in [7, 11) is 2.04. The first kappa shape index (κ1) is 11.3. The highest BCUT2D eigenvalue weighted by atomic mass is 16.5. The lowest BCUT2D eigenvalue weighted by atomic mass is 10.2. The molecule has 20 heavy (non-hydrogen) atoms. The molecule has 0 fully saturated rings. The van der Waals surface area contributed by atoms with E-state index in [-0.39, 0.29) is 6.10 Å². The molecule has 100 valence electrons. The summed E-state index contributed by atoms with van der Waals surface area (Å²) in [6, 6.07) is 16.1. The summed E-state index contributed by atoms with van der Waals surface area (Å²) in [5.41, 5.74) is 3.18. The molecule has 1 aliphatic heterocycles. The zero-order valence-electron chi connectivity index (χ0n) is 11.2. The van der Waals surface area contributed by atoms with Crippen LogP contribution in [0, 0.1) is 0 Å². The van der Waals surface area contributed by atoms with Gasteiger partial charge in [-0.3, -0.25) is 0 Å². The molecular formula is C16H15N3O. The number of hydrogen-bond donors (Lipinski definition) is 1. The minimum Gasteiger partial charge on any atom is -0.478 e. The van der Waals surface area contributed by atoms with Gasteiger partial charge in [0.15, 0.2) is 11.9 Å². The van der Waals surface area contributed by atoms with Crippen molar-refractivity contribution in [2.75, 3.05) is 11.9 Å². The molecule has 0 amide bonds. The number of nitrogens with zero attached hydrogens (tertiary/aromatic N) is 2. The van der Waals surface area contributed by atoms with Crippen LogP contribution in [0.1, 0.15) is 11.9 Å². The van der Waals surface area contributed by atoms with Crippen LogP contribution in [-0.4, -0.2) is 16.1 Å². The number of benzene rings is 2. The van der Waals surface area contributed by atoms with Crippen LogP contribution in [0.5, 0.6) is 5.75 Å². The van der Waals surface area contributed by atoms with Crippen LogP contribution >= 0.6 is 0 Å². The fourth-order valence-corrected chi connectivity index (χ4v) is 2.71. The van der Waals surface area contributed by atoms with E-state index in [1.165, 1.54) is 0 Å². The lowest BCUT2D eigenvalue weighted by Crippen LogP contribution is -2.25. The number of ether oxygens (including phenoxy) is 1. The molecule has 4 rings (SSSR count). The van der Waals surface area contributed by atoms with E-state index in [0.29, 0.717) is 0 Å². The molecule has 1 unspecified atom stereocenters. The van der Waals surface area contributed by atoms with Crippen molar-refractivity contribution in [1.29, 1.82) is 0 Å². The summed E-state index contributed by atoms with van der Waals surface area (Å²) in [6.45, 7) is 0.730. The Morgan fingerprint density at radius 3 is 2.85 bits per heavy atom. The van der Waals surface area contributed by atoms with E-state index in [4.69, 9.17) is 9.72 Å². The molecule has 1 aliphatic rings. The van der Waals surface area contributed by atoms with Gasteiger partial charge in [-0.05, 0) is 24.3 Å². The summed E-state index contributed by atoms with van der Waals surface area (Å²) >= 11 is 0. The van der Waals surface area contributed by atoms with Crippen LogP contribution < -0.4 is 10.1 Å². The van der Waals surface area contributed by atoms with Crippen molar-refractivity contribution in [3.05, 3.63) is 54.4 Å². The first-order valence-electron chi connectivity index (χ1n) is 6.74. The third kappa shape index (κ3) is 1.65. The standard InChI is InChI=1S/C16H15N3O/c1-19-13-8-4-2-6-11(13)18-16(19)15-10-17-12-7-3-5-9-14(12)20-15/h2-9,15,17H,10H2,1H3. The summed E-state index contributed by atoms with van der Waals surface area (Å²) in [6.07, 6.45) is -0.0673. The van der Waals surface area contributed by atoms with Crippen LogP contribution in [0.25, 0.3) is 11.0 Å². The van der Waals surface area contributed by atoms with Crippen molar-refractivity contribution >= 4 is 16.7 Å². The third-order valence-electron chi connectivity index (χ3n) is 3.74. The van der Waals surface area contributed by atoms with Crippen LogP contribution in [0.4, 0.5) is 5.69 Å². The topological polar surface area (TPSA) is 39.1 Å². The molecule has 0 bridgehead atoms. The smallest absolute Gasteiger partial charge is 0.173 e. The predicted molar refractivity (Wildman–Crippen MR) is 79.0 cm³/mol. The molecule has 0 saturated carbocycles. The summed E-state index contributed by atoms with van der Waals surface area (Å²) in [4.78, 5) is 4.71. The quantitative estimate of drug-likeness (QED) is 0.734. The Balaban J connectivity index is 1.76. The molecule has 0 radical (unpaired) electrons. The van der Waals surface area contributed by atoms with Gasteiger partial charge in [-0.15, -0.1) is 0 Å². The molecular weight excluding hydrogens is 250 g/mol. The lowest BCUT2D eigenvalue weighted by molar-refractivity contribution is 0.197. The van der Waals surface area contributed by atoms with Crippen molar-refractivity contribution < 1.29 is 4.74 Å². The Bertz CT molecular complexity index is 778. The van der Waals surface area contributed by atoms with Gasteiger partial charge in [-0.2, -0.15) is 0 Å². The third-order valence-corrected chi connectivity index (χ3v) is 3.74. The second kappa shape index (κ2) is 4.27. The van der Waals surface area contributed by atoms with E-state index in [1.807, 2.05) is 49.5 Å². The largest absolute Gasteiger partial charge is 0.478 e. The first-order valence-corrected chi connectivity index (χ1v) is 6.74. The number of para-hydroxylation sites is 4. The SMILES string of the molecule is Cn1c(C2CNc3ccccc3O2)nc2ccccc21. The average Bonchev–Trinajstić information content (AvgIpc) is 2.84. The molecule has 2 heterocycles. The van der Waals surface area contributed by atoms with Crippen molar-refractivity contribution in [3.8, 4) is 5.75 Å². The lowest BCUT2D eigenvalue weighted by Gasteiger charge is -2.26. The molecule has 0 aliphatic carbocycles.